The summed E-state index contributed by atoms with van der Waals surface area (Å²) in [4.78, 5) is 17.9. The summed E-state index contributed by atoms with van der Waals surface area (Å²) in [6.07, 6.45) is 0.521. The lowest BCUT2D eigenvalue weighted by Crippen LogP contribution is -2.26. The minimum atomic E-state index is -0.785. The number of fused-ring (bicyclic) bond motifs is 3. The van der Waals surface area contributed by atoms with Crippen LogP contribution >= 0.6 is 11.3 Å². The molecule has 2 aromatic carbocycles. The second-order valence-corrected chi connectivity index (χ2v) is 9.27. The van der Waals surface area contributed by atoms with E-state index in [2.05, 4.69) is 11.0 Å². The molecule has 3 heterocycles. The van der Waals surface area contributed by atoms with E-state index in [1.807, 2.05) is 12.1 Å². The summed E-state index contributed by atoms with van der Waals surface area (Å²) in [5.74, 6) is -1.07. The van der Waals surface area contributed by atoms with Crippen molar-refractivity contribution in [3.05, 3.63) is 70.1 Å². The Hall–Kier alpha value is -2.81. The van der Waals surface area contributed by atoms with Crippen LogP contribution < -0.4 is 9.64 Å². The Kier molecular flexibility index (Phi) is 5.44. The molecule has 0 radical (unpaired) electrons. The number of aliphatic hydroxyl groups excluding tert-OH is 1. The number of hydrogen-bond acceptors (Lipinski definition) is 5. The zero-order chi connectivity index (χ0) is 22.4. The first kappa shape index (κ1) is 21.1. The molecule has 0 spiro atoms. The van der Waals surface area contributed by atoms with E-state index in [-0.39, 0.29) is 17.7 Å². The molecular weight excluding hydrogens is 434 g/mol. The number of carbonyl (C=O) groups excluding carboxylic acids is 1. The van der Waals surface area contributed by atoms with Crippen LogP contribution in [-0.2, 0) is 13.2 Å². The number of ether oxygens (including phenoxy) is 1. The zero-order valence-electron chi connectivity index (χ0n) is 17.5. The van der Waals surface area contributed by atoms with Gasteiger partial charge in [0.1, 0.15) is 24.0 Å². The highest BCUT2D eigenvalue weighted by molar-refractivity contribution is 7.17. The highest BCUT2D eigenvalue weighted by Gasteiger charge is 2.26. The molecule has 1 atom stereocenters. The predicted octanol–water partition coefficient (Wildman–Crippen LogP) is 4.43. The lowest BCUT2D eigenvalue weighted by molar-refractivity contribution is 0.0996. The van der Waals surface area contributed by atoms with Gasteiger partial charge in [0.2, 0.25) is 0 Å². The van der Waals surface area contributed by atoms with Gasteiger partial charge in [0.15, 0.2) is 0 Å². The third-order valence-electron chi connectivity index (χ3n) is 5.92. The Bertz CT molecular complexity index is 1200. The maximum absolute atomic E-state index is 14.2. The van der Waals surface area contributed by atoms with Crippen molar-refractivity contribution in [2.24, 2.45) is 0 Å². The molecule has 1 amide bonds. The van der Waals surface area contributed by atoms with Crippen LogP contribution in [0.5, 0.6) is 5.75 Å². The highest BCUT2D eigenvalue weighted by atomic mass is 32.1. The molecule has 0 aliphatic carbocycles. The summed E-state index contributed by atoms with van der Waals surface area (Å²) >= 11 is 1.35. The average Bonchev–Trinajstić information content (AvgIpc) is 3.39. The quantitative estimate of drug-likeness (QED) is 0.631. The second-order valence-electron chi connectivity index (χ2n) is 8.22. The van der Waals surface area contributed by atoms with Crippen LogP contribution in [0.4, 0.5) is 14.5 Å². The van der Waals surface area contributed by atoms with Gasteiger partial charge in [0.05, 0.1) is 16.7 Å². The summed E-state index contributed by atoms with van der Waals surface area (Å²) in [7, 11) is 1.48. The van der Waals surface area contributed by atoms with Gasteiger partial charge >= 0.3 is 0 Å². The zero-order valence-corrected chi connectivity index (χ0v) is 18.3. The van der Waals surface area contributed by atoms with E-state index in [1.54, 1.807) is 6.07 Å². The van der Waals surface area contributed by atoms with E-state index in [1.165, 1.54) is 29.4 Å². The van der Waals surface area contributed by atoms with Gasteiger partial charge in [-0.15, -0.1) is 11.3 Å². The van der Waals surface area contributed by atoms with E-state index >= 15 is 0 Å². The Morgan fingerprint density at radius 3 is 2.84 bits per heavy atom. The Morgan fingerprint density at radius 1 is 1.25 bits per heavy atom. The fraction of sp³-hybridized carbons (Fsp3) is 0.292. The maximum atomic E-state index is 14.2. The third-order valence-corrected chi connectivity index (χ3v) is 7.12. The SMILES string of the molecule is CN(C(=O)c1cc2c(s1)-c1cc(CN3CC[C@@H](O)C3)ccc1OC2)c1ccc(F)cc1F. The Morgan fingerprint density at radius 2 is 2.09 bits per heavy atom. The number of amides is 1. The fourth-order valence-corrected chi connectivity index (χ4v) is 5.41. The van der Waals surface area contributed by atoms with Crippen molar-refractivity contribution in [2.45, 2.75) is 25.7 Å². The first-order chi connectivity index (χ1) is 15.4. The molecule has 0 saturated carbocycles. The number of halogens is 2. The molecule has 1 saturated heterocycles. The molecule has 1 N–H and O–H groups in total. The van der Waals surface area contributed by atoms with E-state index < -0.39 is 11.6 Å². The summed E-state index contributed by atoms with van der Waals surface area (Å²) < 4.78 is 33.3. The van der Waals surface area contributed by atoms with E-state index in [0.717, 1.165) is 59.0 Å². The van der Waals surface area contributed by atoms with Gasteiger partial charge in [-0.3, -0.25) is 9.69 Å². The molecule has 2 aliphatic heterocycles. The molecule has 166 valence electrons. The normalized spacial score (nSPS) is 17.6. The van der Waals surface area contributed by atoms with Crippen LogP contribution in [0.3, 0.4) is 0 Å². The maximum Gasteiger partial charge on any atom is 0.268 e. The largest absolute Gasteiger partial charge is 0.488 e. The number of thiophene rings is 1. The predicted molar refractivity (Wildman–Crippen MR) is 119 cm³/mol. The summed E-state index contributed by atoms with van der Waals surface area (Å²) in [5.41, 5.74) is 2.98. The van der Waals surface area contributed by atoms with Gasteiger partial charge in [0, 0.05) is 48.8 Å². The highest BCUT2D eigenvalue weighted by Crippen LogP contribution is 2.43. The molecular formula is C24H22F2N2O3S. The number of β-amino-alcohol motifs (C(OH)–C–C–N with tert-alkyl or cyclic N) is 1. The van der Waals surface area contributed by atoms with Crippen LogP contribution in [0.15, 0.2) is 42.5 Å². The number of nitrogens with zero attached hydrogens (tertiary/aromatic N) is 2. The van der Waals surface area contributed by atoms with E-state index in [9.17, 15) is 18.7 Å². The molecule has 0 unspecified atom stereocenters. The van der Waals surface area contributed by atoms with Gasteiger partial charge in [-0.05, 0) is 42.3 Å². The third kappa shape index (κ3) is 3.90. The van der Waals surface area contributed by atoms with Crippen molar-refractivity contribution < 1.29 is 23.4 Å². The van der Waals surface area contributed by atoms with Crippen LogP contribution in [0, 0.1) is 11.6 Å². The molecule has 8 heteroatoms. The minimum absolute atomic E-state index is 0.0227. The molecule has 3 aromatic rings. The first-order valence-electron chi connectivity index (χ1n) is 10.4. The van der Waals surface area contributed by atoms with Gasteiger partial charge in [-0.1, -0.05) is 6.07 Å². The molecule has 0 bridgehead atoms. The van der Waals surface area contributed by atoms with Crippen molar-refractivity contribution in [2.75, 3.05) is 25.0 Å². The summed E-state index contributed by atoms with van der Waals surface area (Å²) in [6.45, 7) is 2.63. The van der Waals surface area contributed by atoms with Gasteiger partial charge in [-0.25, -0.2) is 8.78 Å². The molecule has 1 aromatic heterocycles. The minimum Gasteiger partial charge on any atom is -0.488 e. The van der Waals surface area contributed by atoms with Crippen molar-refractivity contribution in [3.8, 4) is 16.2 Å². The number of anilines is 1. The Balaban J connectivity index is 1.42. The van der Waals surface area contributed by atoms with Crippen molar-refractivity contribution >= 4 is 22.9 Å². The number of carbonyl (C=O) groups is 1. The van der Waals surface area contributed by atoms with E-state index in [4.69, 9.17) is 4.74 Å². The topological polar surface area (TPSA) is 53.0 Å². The van der Waals surface area contributed by atoms with Gasteiger partial charge < -0.3 is 14.7 Å². The summed E-state index contributed by atoms with van der Waals surface area (Å²) in [6, 6.07) is 11.0. The fourth-order valence-electron chi connectivity index (χ4n) is 4.25. The smallest absolute Gasteiger partial charge is 0.268 e. The van der Waals surface area contributed by atoms with Crippen molar-refractivity contribution in [3.63, 3.8) is 0 Å². The number of rotatable bonds is 4. The average molecular weight is 457 g/mol. The number of likely N-dealkylation sites (tertiary alicyclic amines) is 1. The number of hydrogen-bond donors (Lipinski definition) is 1. The van der Waals surface area contributed by atoms with Crippen LogP contribution in [0.1, 0.15) is 27.2 Å². The molecule has 2 aliphatic rings. The first-order valence-corrected chi connectivity index (χ1v) is 11.2. The van der Waals surface area contributed by atoms with Crippen LogP contribution in [-0.4, -0.2) is 42.2 Å². The van der Waals surface area contributed by atoms with Crippen LogP contribution in [0.25, 0.3) is 10.4 Å². The van der Waals surface area contributed by atoms with E-state index in [0.29, 0.717) is 18.0 Å². The number of benzene rings is 2. The van der Waals surface area contributed by atoms with Crippen LogP contribution in [0.2, 0.25) is 0 Å². The number of aliphatic hydroxyl groups is 1. The second kappa shape index (κ2) is 8.27. The lowest BCUT2D eigenvalue weighted by atomic mass is 10.0. The van der Waals surface area contributed by atoms with Crippen molar-refractivity contribution in [1.29, 1.82) is 0 Å². The molecule has 32 heavy (non-hydrogen) atoms. The lowest BCUT2D eigenvalue weighted by Gasteiger charge is -2.20. The summed E-state index contributed by atoms with van der Waals surface area (Å²) in [5, 5.41) is 9.77. The van der Waals surface area contributed by atoms with Gasteiger partial charge in [0.25, 0.3) is 5.91 Å². The molecule has 5 rings (SSSR count). The molecule has 1 fully saturated rings. The monoisotopic (exact) mass is 456 g/mol. The van der Waals surface area contributed by atoms with Crippen molar-refractivity contribution in [1.82, 2.24) is 4.90 Å². The van der Waals surface area contributed by atoms with Gasteiger partial charge in [-0.2, -0.15) is 0 Å². The molecule has 5 nitrogen and oxygen atoms in total. The Labute approximate surface area is 188 Å². The standard InChI is InChI=1S/C24H22F2N2O3S/c1-27(20-4-3-16(25)10-19(20)26)24(30)22-9-15-13-31-21-5-2-14(8-18(21)23(15)32-22)11-28-7-6-17(29)12-28/h2-5,8-10,17,29H,6-7,11-13H2,1H3/t17-/m1/s1.